The average Bonchev–Trinajstić information content (AvgIpc) is 2.46. The monoisotopic (exact) mass is 256 g/mol. The highest BCUT2D eigenvalue weighted by Gasteiger charge is 2.28. The molecule has 0 saturated heterocycles. The van der Waals surface area contributed by atoms with Gasteiger partial charge in [0.05, 0.1) is 11.1 Å². The molecule has 3 heteroatoms. The maximum atomic E-state index is 10.5. The molecular formula is C16H20N2O. The Morgan fingerprint density at radius 2 is 1.84 bits per heavy atom. The maximum absolute atomic E-state index is 10.5. The molecule has 0 radical (unpaired) electrons. The summed E-state index contributed by atoms with van der Waals surface area (Å²) in [4.78, 5) is 4.57. The van der Waals surface area contributed by atoms with Crippen molar-refractivity contribution in [3.05, 3.63) is 36.4 Å². The van der Waals surface area contributed by atoms with E-state index in [1.807, 2.05) is 24.3 Å². The minimum atomic E-state index is -0.550. The molecule has 1 aliphatic carbocycles. The van der Waals surface area contributed by atoms with Crippen LogP contribution in [0.2, 0.25) is 0 Å². The fourth-order valence-electron chi connectivity index (χ4n) is 2.81. The zero-order valence-electron chi connectivity index (χ0n) is 11.1. The Morgan fingerprint density at radius 3 is 2.68 bits per heavy atom. The van der Waals surface area contributed by atoms with Crippen molar-refractivity contribution < 1.29 is 5.11 Å². The third-order valence-corrected chi connectivity index (χ3v) is 3.98. The summed E-state index contributed by atoms with van der Waals surface area (Å²) in [5.74, 6) is 0.845. The molecule has 3 nitrogen and oxygen atoms in total. The number of aliphatic hydroxyl groups is 1. The molecule has 1 saturated carbocycles. The van der Waals surface area contributed by atoms with Gasteiger partial charge in [-0.25, -0.2) is 4.98 Å². The number of para-hydroxylation sites is 1. The molecule has 0 aliphatic heterocycles. The summed E-state index contributed by atoms with van der Waals surface area (Å²) < 4.78 is 0. The molecule has 0 unspecified atom stereocenters. The summed E-state index contributed by atoms with van der Waals surface area (Å²) in [6, 6.07) is 12.1. The molecule has 2 N–H and O–H groups in total. The summed E-state index contributed by atoms with van der Waals surface area (Å²) in [7, 11) is 0. The van der Waals surface area contributed by atoms with Crippen LogP contribution in [0.1, 0.15) is 32.1 Å². The Bertz CT molecular complexity index is 561. The summed E-state index contributed by atoms with van der Waals surface area (Å²) in [6.07, 6.45) is 5.30. The zero-order valence-corrected chi connectivity index (χ0v) is 11.1. The number of hydrogen-bond donors (Lipinski definition) is 2. The first kappa shape index (κ1) is 12.4. The molecule has 1 aliphatic rings. The van der Waals surface area contributed by atoms with Gasteiger partial charge in [-0.15, -0.1) is 0 Å². The van der Waals surface area contributed by atoms with E-state index in [1.165, 1.54) is 6.42 Å². The fourth-order valence-corrected chi connectivity index (χ4v) is 2.81. The summed E-state index contributed by atoms with van der Waals surface area (Å²) in [6.45, 7) is 0.596. The molecule has 1 aromatic heterocycles. The Kier molecular flexibility index (Phi) is 3.38. The van der Waals surface area contributed by atoms with E-state index in [0.717, 1.165) is 42.4 Å². The molecule has 1 fully saturated rings. The lowest BCUT2D eigenvalue weighted by molar-refractivity contribution is 0.0166. The van der Waals surface area contributed by atoms with Gasteiger partial charge in [0.25, 0.3) is 0 Å². The van der Waals surface area contributed by atoms with Crippen molar-refractivity contribution >= 4 is 16.7 Å². The van der Waals surface area contributed by atoms with Crippen LogP contribution in [0.5, 0.6) is 0 Å². The van der Waals surface area contributed by atoms with E-state index < -0.39 is 5.60 Å². The van der Waals surface area contributed by atoms with E-state index in [4.69, 9.17) is 0 Å². The quantitative estimate of drug-likeness (QED) is 0.885. The van der Waals surface area contributed by atoms with Crippen LogP contribution >= 0.6 is 0 Å². The predicted molar refractivity (Wildman–Crippen MR) is 78.3 cm³/mol. The molecule has 100 valence electrons. The Hall–Kier alpha value is -1.61. The van der Waals surface area contributed by atoms with Crippen molar-refractivity contribution in [1.82, 2.24) is 4.98 Å². The normalized spacial score (nSPS) is 18.4. The number of nitrogens with zero attached hydrogens (tertiary/aromatic N) is 1. The van der Waals surface area contributed by atoms with Gasteiger partial charge in [0.2, 0.25) is 0 Å². The Morgan fingerprint density at radius 1 is 1.05 bits per heavy atom. The number of rotatable bonds is 3. The third kappa shape index (κ3) is 2.87. The van der Waals surface area contributed by atoms with Crippen molar-refractivity contribution in [3.8, 4) is 0 Å². The topological polar surface area (TPSA) is 45.1 Å². The minimum absolute atomic E-state index is 0.550. The largest absolute Gasteiger partial charge is 0.388 e. The molecule has 1 heterocycles. The van der Waals surface area contributed by atoms with Crippen LogP contribution in [0, 0.1) is 0 Å². The van der Waals surface area contributed by atoms with Gasteiger partial charge in [0.15, 0.2) is 0 Å². The van der Waals surface area contributed by atoms with E-state index in [0.29, 0.717) is 6.54 Å². The fraction of sp³-hybridized carbons (Fsp3) is 0.438. The van der Waals surface area contributed by atoms with Crippen molar-refractivity contribution in [2.45, 2.75) is 37.7 Å². The summed E-state index contributed by atoms with van der Waals surface area (Å²) >= 11 is 0. The molecule has 0 amide bonds. The van der Waals surface area contributed by atoms with Gasteiger partial charge < -0.3 is 10.4 Å². The second-order valence-electron chi connectivity index (χ2n) is 5.53. The number of aromatic nitrogens is 1. The van der Waals surface area contributed by atoms with Gasteiger partial charge in [-0.2, -0.15) is 0 Å². The average molecular weight is 256 g/mol. The van der Waals surface area contributed by atoms with Crippen LogP contribution in [0.3, 0.4) is 0 Å². The molecule has 19 heavy (non-hydrogen) atoms. The number of anilines is 1. The highest BCUT2D eigenvalue weighted by Crippen LogP contribution is 2.28. The van der Waals surface area contributed by atoms with Crippen molar-refractivity contribution in [3.63, 3.8) is 0 Å². The number of nitrogens with one attached hydrogen (secondary N) is 1. The third-order valence-electron chi connectivity index (χ3n) is 3.98. The smallest absolute Gasteiger partial charge is 0.126 e. The van der Waals surface area contributed by atoms with E-state index >= 15 is 0 Å². The maximum Gasteiger partial charge on any atom is 0.126 e. The number of benzene rings is 1. The lowest BCUT2D eigenvalue weighted by Crippen LogP contribution is -2.38. The first-order valence-electron chi connectivity index (χ1n) is 7.07. The van der Waals surface area contributed by atoms with E-state index in [2.05, 4.69) is 22.4 Å². The standard InChI is InChI=1S/C16H20N2O/c19-16(10-4-1-5-11-16)12-17-15-9-8-13-6-2-3-7-14(13)18-15/h2-3,6-9,19H,1,4-5,10-12H2,(H,17,18). The Labute approximate surface area is 113 Å². The first-order chi connectivity index (χ1) is 9.25. The SMILES string of the molecule is OC1(CNc2ccc3ccccc3n2)CCCCC1. The van der Waals surface area contributed by atoms with Crippen molar-refractivity contribution in [2.24, 2.45) is 0 Å². The zero-order chi connectivity index (χ0) is 13.1. The van der Waals surface area contributed by atoms with E-state index in [9.17, 15) is 5.11 Å². The molecular weight excluding hydrogens is 236 g/mol. The van der Waals surface area contributed by atoms with Crippen molar-refractivity contribution in [1.29, 1.82) is 0 Å². The van der Waals surface area contributed by atoms with Crippen LogP contribution in [-0.2, 0) is 0 Å². The van der Waals surface area contributed by atoms with Crippen LogP contribution in [-0.4, -0.2) is 22.2 Å². The summed E-state index contributed by atoms with van der Waals surface area (Å²) in [5.41, 5.74) is 0.439. The predicted octanol–water partition coefficient (Wildman–Crippen LogP) is 3.34. The first-order valence-corrected chi connectivity index (χ1v) is 7.07. The van der Waals surface area contributed by atoms with Gasteiger partial charge >= 0.3 is 0 Å². The minimum Gasteiger partial charge on any atom is -0.388 e. The van der Waals surface area contributed by atoms with E-state index in [-0.39, 0.29) is 0 Å². The van der Waals surface area contributed by atoms with Crippen LogP contribution in [0.4, 0.5) is 5.82 Å². The number of fused-ring (bicyclic) bond motifs is 1. The van der Waals surface area contributed by atoms with Gasteiger partial charge in [-0.3, -0.25) is 0 Å². The molecule has 1 aromatic carbocycles. The second kappa shape index (κ2) is 5.17. The lowest BCUT2D eigenvalue weighted by Gasteiger charge is -2.32. The van der Waals surface area contributed by atoms with Crippen LogP contribution in [0.25, 0.3) is 10.9 Å². The van der Waals surface area contributed by atoms with Gasteiger partial charge in [-0.05, 0) is 31.0 Å². The van der Waals surface area contributed by atoms with Crippen LogP contribution in [0.15, 0.2) is 36.4 Å². The highest BCUT2D eigenvalue weighted by molar-refractivity contribution is 5.80. The second-order valence-corrected chi connectivity index (χ2v) is 5.53. The highest BCUT2D eigenvalue weighted by atomic mass is 16.3. The Balaban J connectivity index is 1.71. The van der Waals surface area contributed by atoms with Gasteiger partial charge in [-0.1, -0.05) is 37.5 Å². The molecule has 2 aromatic rings. The lowest BCUT2D eigenvalue weighted by atomic mass is 9.85. The summed E-state index contributed by atoms with van der Waals surface area (Å²) in [5, 5.41) is 14.9. The molecule has 0 bridgehead atoms. The number of pyridine rings is 1. The van der Waals surface area contributed by atoms with Gasteiger partial charge in [0.1, 0.15) is 5.82 Å². The number of hydrogen-bond acceptors (Lipinski definition) is 3. The van der Waals surface area contributed by atoms with Crippen LogP contribution < -0.4 is 5.32 Å². The van der Waals surface area contributed by atoms with E-state index in [1.54, 1.807) is 0 Å². The van der Waals surface area contributed by atoms with Gasteiger partial charge in [0, 0.05) is 11.9 Å². The molecule has 0 spiro atoms. The molecule has 0 atom stereocenters. The molecule has 3 rings (SSSR count). The van der Waals surface area contributed by atoms with Crippen molar-refractivity contribution in [2.75, 3.05) is 11.9 Å².